The number of benzene rings is 2. The molecule has 9 heteroatoms. The molecule has 4 aromatic rings. The Kier molecular flexibility index (Phi) is 6.41. The van der Waals surface area contributed by atoms with Gasteiger partial charge in [-0.25, -0.2) is 9.37 Å². The van der Waals surface area contributed by atoms with Crippen LogP contribution in [0.4, 0.5) is 15.2 Å². The molecule has 0 N–H and O–H groups in total. The van der Waals surface area contributed by atoms with E-state index in [9.17, 15) is 14.0 Å². The molecule has 0 bridgehead atoms. The third-order valence-electron chi connectivity index (χ3n) is 5.83. The van der Waals surface area contributed by atoms with E-state index in [-0.39, 0.29) is 37.1 Å². The fraction of sp³-hybridized carbons (Fsp3) is 0.231. The molecular weight excluding hydrogens is 467 g/mol. The molecule has 35 heavy (non-hydrogen) atoms. The van der Waals surface area contributed by atoms with Crippen LogP contribution < -0.4 is 14.5 Å². The molecule has 3 heterocycles. The number of fused-ring (bicyclic) bond motifs is 1. The number of hydrogen-bond acceptors (Lipinski definition) is 6. The molecule has 0 saturated carbocycles. The molecule has 2 aromatic carbocycles. The van der Waals surface area contributed by atoms with Gasteiger partial charge in [0, 0.05) is 31.0 Å². The number of halogens is 1. The lowest BCUT2D eigenvalue weighted by Crippen LogP contribution is -2.37. The maximum Gasteiger partial charge on any atom is 0.234 e. The Morgan fingerprint density at radius 2 is 2.06 bits per heavy atom. The number of carbonyl (C=O) groups is 2. The van der Waals surface area contributed by atoms with Crippen LogP contribution in [0, 0.1) is 11.7 Å². The molecule has 1 saturated heterocycles. The van der Waals surface area contributed by atoms with Crippen LogP contribution >= 0.6 is 11.3 Å². The molecule has 1 unspecified atom stereocenters. The van der Waals surface area contributed by atoms with Crippen molar-refractivity contribution in [2.24, 2.45) is 5.92 Å². The van der Waals surface area contributed by atoms with E-state index in [0.717, 1.165) is 21.5 Å². The molecule has 1 aliphatic heterocycles. The summed E-state index contributed by atoms with van der Waals surface area (Å²) in [5.74, 6) is -0.524. The van der Waals surface area contributed by atoms with E-state index in [1.165, 1.54) is 28.4 Å². The lowest BCUT2D eigenvalue weighted by molar-refractivity contribution is -0.124. The summed E-state index contributed by atoms with van der Waals surface area (Å²) >= 11 is 1.40. The number of carbonyl (C=O) groups excluding carboxylic acids is 2. The van der Waals surface area contributed by atoms with Crippen LogP contribution in [0.15, 0.2) is 67.0 Å². The molecule has 0 spiro atoms. The fourth-order valence-electron chi connectivity index (χ4n) is 4.14. The van der Waals surface area contributed by atoms with E-state index in [1.807, 2.05) is 37.3 Å². The monoisotopic (exact) mass is 490 g/mol. The van der Waals surface area contributed by atoms with Crippen molar-refractivity contribution >= 4 is 44.2 Å². The second-order valence-corrected chi connectivity index (χ2v) is 9.24. The van der Waals surface area contributed by atoms with Crippen LogP contribution in [0.5, 0.6) is 5.75 Å². The highest BCUT2D eigenvalue weighted by molar-refractivity contribution is 7.22. The molecule has 178 valence electrons. The number of anilines is 2. The summed E-state index contributed by atoms with van der Waals surface area (Å²) in [5.41, 5.74) is 2.21. The van der Waals surface area contributed by atoms with Gasteiger partial charge in [-0.2, -0.15) is 0 Å². The molecule has 1 aliphatic rings. The normalized spacial score (nSPS) is 15.5. The first kappa shape index (κ1) is 22.9. The van der Waals surface area contributed by atoms with Gasteiger partial charge in [0.1, 0.15) is 11.6 Å². The predicted octanol–water partition coefficient (Wildman–Crippen LogP) is 4.82. The summed E-state index contributed by atoms with van der Waals surface area (Å²) in [7, 11) is 0. The van der Waals surface area contributed by atoms with E-state index >= 15 is 0 Å². The molecule has 1 atom stereocenters. The molecule has 1 fully saturated rings. The molecule has 2 amide bonds. The predicted molar refractivity (Wildman–Crippen MR) is 133 cm³/mol. The van der Waals surface area contributed by atoms with Crippen molar-refractivity contribution in [3.05, 3.63) is 78.4 Å². The van der Waals surface area contributed by atoms with Crippen LogP contribution in [0.3, 0.4) is 0 Å². The molecule has 2 aromatic heterocycles. The SMILES string of the molecule is CCOc1ccc2nc(N(Cc3cccnc3)C(=O)C3CC(=O)N(c4ccc(F)cc4)C3)sc2c1. The number of pyridine rings is 1. The highest BCUT2D eigenvalue weighted by Gasteiger charge is 2.38. The summed E-state index contributed by atoms with van der Waals surface area (Å²) in [5, 5.41) is 0.551. The van der Waals surface area contributed by atoms with Gasteiger partial charge in [-0.1, -0.05) is 17.4 Å². The summed E-state index contributed by atoms with van der Waals surface area (Å²) in [6.45, 7) is 3.00. The number of amides is 2. The number of nitrogens with zero attached hydrogens (tertiary/aromatic N) is 4. The Labute approximate surface area is 205 Å². The van der Waals surface area contributed by atoms with E-state index < -0.39 is 5.92 Å². The lowest BCUT2D eigenvalue weighted by Gasteiger charge is -2.23. The van der Waals surface area contributed by atoms with Crippen molar-refractivity contribution < 1.29 is 18.7 Å². The van der Waals surface area contributed by atoms with Gasteiger partial charge in [0.2, 0.25) is 11.8 Å². The standard InChI is InChI=1S/C26H23FN4O3S/c1-2-34-21-9-10-22-23(13-21)35-26(29-22)31(15-17-4-3-11-28-14-17)25(33)18-12-24(32)30(16-18)20-7-5-19(27)6-8-20/h3-11,13-14,18H,2,12,15-16H2,1H3. The number of thiazole rings is 1. The van der Waals surface area contributed by atoms with Gasteiger partial charge in [-0.05, 0) is 61.0 Å². The molecule has 0 radical (unpaired) electrons. The van der Waals surface area contributed by atoms with E-state index in [1.54, 1.807) is 29.4 Å². The Hall–Kier alpha value is -3.85. The summed E-state index contributed by atoms with van der Waals surface area (Å²) < 4.78 is 19.9. The topological polar surface area (TPSA) is 75.6 Å². The first-order valence-electron chi connectivity index (χ1n) is 11.3. The maximum atomic E-state index is 13.8. The van der Waals surface area contributed by atoms with Crippen LogP contribution in [-0.4, -0.2) is 34.9 Å². The van der Waals surface area contributed by atoms with Crippen molar-refractivity contribution in [3.63, 3.8) is 0 Å². The first-order chi connectivity index (χ1) is 17.0. The van der Waals surface area contributed by atoms with Gasteiger partial charge >= 0.3 is 0 Å². The number of rotatable bonds is 7. The quantitative estimate of drug-likeness (QED) is 0.372. The van der Waals surface area contributed by atoms with Gasteiger partial charge in [-0.3, -0.25) is 19.5 Å². The number of hydrogen-bond donors (Lipinski definition) is 0. The van der Waals surface area contributed by atoms with Gasteiger partial charge in [0.05, 0.1) is 29.3 Å². The molecule has 7 nitrogen and oxygen atoms in total. The van der Waals surface area contributed by atoms with Crippen LogP contribution in [0.2, 0.25) is 0 Å². The number of aromatic nitrogens is 2. The van der Waals surface area contributed by atoms with Crippen molar-refractivity contribution in [2.75, 3.05) is 23.0 Å². The van der Waals surface area contributed by atoms with Crippen molar-refractivity contribution in [1.82, 2.24) is 9.97 Å². The summed E-state index contributed by atoms with van der Waals surface area (Å²) in [6, 6.07) is 15.1. The van der Waals surface area contributed by atoms with E-state index in [0.29, 0.717) is 17.4 Å². The summed E-state index contributed by atoms with van der Waals surface area (Å²) in [6.07, 6.45) is 3.48. The minimum atomic E-state index is -0.546. The zero-order chi connectivity index (χ0) is 24.4. The Morgan fingerprint density at radius 1 is 1.23 bits per heavy atom. The van der Waals surface area contributed by atoms with Gasteiger partial charge in [0.15, 0.2) is 5.13 Å². The molecular formula is C26H23FN4O3S. The second-order valence-electron chi connectivity index (χ2n) is 8.23. The highest BCUT2D eigenvalue weighted by Crippen LogP contribution is 2.34. The lowest BCUT2D eigenvalue weighted by atomic mass is 10.1. The Balaban J connectivity index is 1.45. The van der Waals surface area contributed by atoms with Crippen LogP contribution in [0.1, 0.15) is 18.9 Å². The number of ether oxygens (including phenoxy) is 1. The minimum absolute atomic E-state index is 0.0825. The largest absolute Gasteiger partial charge is 0.494 e. The van der Waals surface area contributed by atoms with Gasteiger partial charge < -0.3 is 9.64 Å². The smallest absolute Gasteiger partial charge is 0.234 e. The van der Waals surface area contributed by atoms with Crippen molar-refractivity contribution in [2.45, 2.75) is 19.9 Å². The molecule has 5 rings (SSSR count). The van der Waals surface area contributed by atoms with Crippen LogP contribution in [0.25, 0.3) is 10.2 Å². The van der Waals surface area contributed by atoms with Crippen molar-refractivity contribution in [1.29, 1.82) is 0 Å². The minimum Gasteiger partial charge on any atom is -0.494 e. The van der Waals surface area contributed by atoms with Crippen LogP contribution in [-0.2, 0) is 16.1 Å². The van der Waals surface area contributed by atoms with Gasteiger partial charge in [-0.15, -0.1) is 0 Å². The van der Waals surface area contributed by atoms with E-state index in [4.69, 9.17) is 9.72 Å². The fourth-order valence-corrected chi connectivity index (χ4v) is 5.14. The first-order valence-corrected chi connectivity index (χ1v) is 12.1. The van der Waals surface area contributed by atoms with Gasteiger partial charge in [0.25, 0.3) is 0 Å². The maximum absolute atomic E-state index is 13.8. The highest BCUT2D eigenvalue weighted by atomic mass is 32.1. The zero-order valence-electron chi connectivity index (χ0n) is 19.1. The Bertz CT molecular complexity index is 1360. The second kappa shape index (κ2) is 9.79. The third kappa shape index (κ3) is 4.85. The molecule has 0 aliphatic carbocycles. The summed E-state index contributed by atoms with van der Waals surface area (Å²) in [4.78, 5) is 38.6. The average Bonchev–Trinajstić information content (AvgIpc) is 3.47. The van der Waals surface area contributed by atoms with Crippen molar-refractivity contribution in [3.8, 4) is 5.75 Å². The Morgan fingerprint density at radius 3 is 2.80 bits per heavy atom. The van der Waals surface area contributed by atoms with E-state index in [2.05, 4.69) is 4.98 Å². The third-order valence-corrected chi connectivity index (χ3v) is 6.87. The zero-order valence-corrected chi connectivity index (χ0v) is 19.9. The average molecular weight is 491 g/mol.